The first kappa shape index (κ1) is 22.1. The second-order valence-electron chi connectivity index (χ2n) is 9.85. The maximum Gasteiger partial charge on any atom is 0.160 e. The van der Waals surface area contributed by atoms with E-state index in [0.29, 0.717) is 46.1 Å². The van der Waals surface area contributed by atoms with Gasteiger partial charge in [0.15, 0.2) is 11.5 Å². The van der Waals surface area contributed by atoms with Crippen LogP contribution >= 0.6 is 0 Å². The molecule has 1 saturated carbocycles. The Morgan fingerprint density at radius 3 is 2.95 bits per heavy atom. The molecule has 10 heteroatoms. The molecule has 0 spiro atoms. The second kappa shape index (κ2) is 8.74. The largest absolute Gasteiger partial charge is 0.457 e. The molecule has 186 valence electrons. The zero-order chi connectivity index (χ0) is 24.9. The van der Waals surface area contributed by atoms with Gasteiger partial charge in [-0.1, -0.05) is 0 Å². The molecule has 0 amide bonds. The van der Waals surface area contributed by atoms with Crippen molar-refractivity contribution < 1.29 is 9.13 Å². The molecule has 2 aliphatic rings. The number of nitrogens with one attached hydrogen (secondary N) is 2. The van der Waals surface area contributed by atoms with E-state index >= 15 is 4.39 Å². The Morgan fingerprint density at radius 2 is 2.03 bits per heavy atom. The molecular formula is C27H25FN8O. The Kier molecular flexibility index (Phi) is 5.21. The molecule has 1 aliphatic heterocycles. The fourth-order valence-electron chi connectivity index (χ4n) is 5.65. The van der Waals surface area contributed by atoms with E-state index in [0.717, 1.165) is 42.1 Å². The van der Waals surface area contributed by atoms with Crippen molar-refractivity contribution in [1.82, 2.24) is 34.9 Å². The molecule has 1 aromatic carbocycles. The van der Waals surface area contributed by atoms with Crippen molar-refractivity contribution in [3.05, 3.63) is 72.3 Å². The number of benzene rings is 1. The van der Waals surface area contributed by atoms with E-state index in [1.807, 2.05) is 13.0 Å². The summed E-state index contributed by atoms with van der Waals surface area (Å²) in [5.74, 6) is 2.12. The molecule has 1 aliphatic carbocycles. The predicted molar refractivity (Wildman–Crippen MR) is 137 cm³/mol. The lowest BCUT2D eigenvalue weighted by Crippen LogP contribution is -2.22. The number of aromatic nitrogens is 6. The van der Waals surface area contributed by atoms with E-state index in [2.05, 4.69) is 36.8 Å². The lowest BCUT2D eigenvalue weighted by molar-refractivity contribution is 0.473. The van der Waals surface area contributed by atoms with Gasteiger partial charge in [-0.15, -0.1) is 0 Å². The van der Waals surface area contributed by atoms with Gasteiger partial charge in [-0.2, -0.15) is 5.10 Å². The molecule has 9 nitrogen and oxygen atoms in total. The van der Waals surface area contributed by atoms with Crippen LogP contribution in [0.15, 0.2) is 55.2 Å². The van der Waals surface area contributed by atoms with E-state index in [-0.39, 0.29) is 0 Å². The average Bonchev–Trinajstić information content (AvgIpc) is 3.63. The van der Waals surface area contributed by atoms with Crippen LogP contribution < -0.4 is 15.4 Å². The third kappa shape index (κ3) is 4.03. The number of fused-ring (bicyclic) bond motifs is 3. The lowest BCUT2D eigenvalue weighted by atomic mass is 9.99. The van der Waals surface area contributed by atoms with Gasteiger partial charge < -0.3 is 15.4 Å². The number of halogens is 1. The quantitative estimate of drug-likeness (QED) is 0.354. The third-order valence-electron chi connectivity index (χ3n) is 7.54. The number of nitrogens with zero attached hydrogens (tertiary/aromatic N) is 6. The molecule has 2 N–H and O–H groups in total. The van der Waals surface area contributed by atoms with Crippen LogP contribution in [0.5, 0.6) is 11.5 Å². The molecule has 5 heterocycles. The first-order valence-electron chi connectivity index (χ1n) is 12.5. The zero-order valence-electron chi connectivity index (χ0n) is 20.2. The Bertz CT molecular complexity index is 1620. The van der Waals surface area contributed by atoms with Gasteiger partial charge in [0, 0.05) is 36.0 Å². The van der Waals surface area contributed by atoms with Gasteiger partial charge in [-0.25, -0.2) is 28.8 Å². The van der Waals surface area contributed by atoms with Crippen LogP contribution in [-0.2, 0) is 0 Å². The highest BCUT2D eigenvalue weighted by atomic mass is 19.1. The van der Waals surface area contributed by atoms with E-state index in [1.54, 1.807) is 28.9 Å². The van der Waals surface area contributed by atoms with E-state index in [9.17, 15) is 0 Å². The smallest absolute Gasteiger partial charge is 0.160 e. The molecule has 0 unspecified atom stereocenters. The van der Waals surface area contributed by atoms with Gasteiger partial charge in [0.05, 0.1) is 11.2 Å². The van der Waals surface area contributed by atoms with Crippen molar-refractivity contribution in [3.63, 3.8) is 0 Å². The lowest BCUT2D eigenvalue weighted by Gasteiger charge is -2.15. The summed E-state index contributed by atoms with van der Waals surface area (Å²) in [5.41, 5.74) is 4.12. The monoisotopic (exact) mass is 496 g/mol. The highest BCUT2D eigenvalue weighted by Crippen LogP contribution is 2.42. The van der Waals surface area contributed by atoms with Crippen molar-refractivity contribution in [2.45, 2.75) is 38.1 Å². The van der Waals surface area contributed by atoms with Crippen molar-refractivity contribution in [2.75, 3.05) is 11.9 Å². The first-order chi connectivity index (χ1) is 18.1. The fraction of sp³-hybridized carbons (Fsp3) is 0.296. The highest BCUT2D eigenvalue weighted by Gasteiger charge is 2.38. The Labute approximate surface area is 212 Å². The number of hydrogen-bond donors (Lipinski definition) is 2. The van der Waals surface area contributed by atoms with Gasteiger partial charge in [-0.05, 0) is 68.5 Å². The van der Waals surface area contributed by atoms with Crippen LogP contribution in [0.25, 0.3) is 16.7 Å². The van der Waals surface area contributed by atoms with Crippen molar-refractivity contribution in [1.29, 1.82) is 0 Å². The minimum Gasteiger partial charge on any atom is -0.457 e. The van der Waals surface area contributed by atoms with Crippen molar-refractivity contribution >= 4 is 28.2 Å². The summed E-state index contributed by atoms with van der Waals surface area (Å²) in [6, 6.07) is 11.2. The third-order valence-corrected chi connectivity index (χ3v) is 7.54. The number of aryl methyl sites for hydroxylation is 1. The van der Waals surface area contributed by atoms with Crippen molar-refractivity contribution in [3.8, 4) is 11.5 Å². The number of pyridine rings is 2. The molecule has 3 atom stereocenters. The summed E-state index contributed by atoms with van der Waals surface area (Å²) in [6.45, 7) is 2.98. The summed E-state index contributed by atoms with van der Waals surface area (Å²) in [7, 11) is 0. The molecule has 0 radical (unpaired) electrons. The number of anilines is 2. The molecule has 7 rings (SSSR count). The summed E-state index contributed by atoms with van der Waals surface area (Å²) in [6.07, 6.45) is 8.16. The van der Waals surface area contributed by atoms with Crippen molar-refractivity contribution in [2.24, 2.45) is 5.92 Å². The molecule has 4 aromatic heterocycles. The molecule has 37 heavy (non-hydrogen) atoms. The SMILES string of the molecule is Cc1cc(Nc2ncnc3ccc([C@H]4C[C@@H]5CCN[C@@H]5C4)nc23)c(F)cc1Oc1ccn2ncnc2c1. The van der Waals surface area contributed by atoms with Gasteiger partial charge in [0.1, 0.15) is 35.5 Å². The van der Waals surface area contributed by atoms with Crippen LogP contribution in [-0.4, -0.2) is 42.1 Å². The van der Waals surface area contributed by atoms with E-state index < -0.39 is 5.82 Å². The number of rotatable bonds is 5. The standard InChI is InChI=1S/C27H25FN8O/c1-15-8-23(19(28)12-24(15)37-18-5-7-36-25(11-18)31-14-33-36)35-27-26-21(30-13-32-27)3-2-20(34-26)17-9-16-4-6-29-22(16)10-17/h2-3,5,7-8,11-14,16-17,22,29H,4,6,9-10H2,1H3,(H,30,32,35)/t16-,17-,22+/m0/s1. The topological polar surface area (TPSA) is 102 Å². The van der Waals surface area contributed by atoms with Gasteiger partial charge >= 0.3 is 0 Å². The molecule has 1 saturated heterocycles. The number of hydrogen-bond acceptors (Lipinski definition) is 8. The Balaban J connectivity index is 1.16. The van der Waals surface area contributed by atoms with Crippen LogP contribution in [0.1, 0.15) is 36.4 Å². The maximum absolute atomic E-state index is 15.2. The highest BCUT2D eigenvalue weighted by molar-refractivity contribution is 5.87. The predicted octanol–water partition coefficient (Wildman–Crippen LogP) is 4.91. The van der Waals surface area contributed by atoms with Crippen LogP contribution in [0.2, 0.25) is 0 Å². The number of ether oxygens (including phenoxy) is 1. The van der Waals surface area contributed by atoms with Crippen LogP contribution in [0, 0.1) is 18.7 Å². The molecule has 0 bridgehead atoms. The maximum atomic E-state index is 15.2. The summed E-state index contributed by atoms with van der Waals surface area (Å²) >= 11 is 0. The minimum atomic E-state index is -0.457. The molecule has 5 aromatic rings. The zero-order valence-corrected chi connectivity index (χ0v) is 20.2. The Hall–Kier alpha value is -4.18. The fourth-order valence-corrected chi connectivity index (χ4v) is 5.65. The summed E-state index contributed by atoms with van der Waals surface area (Å²) in [4.78, 5) is 17.9. The first-order valence-corrected chi connectivity index (χ1v) is 12.5. The molecule has 2 fully saturated rings. The Morgan fingerprint density at radius 1 is 1.08 bits per heavy atom. The summed E-state index contributed by atoms with van der Waals surface area (Å²) < 4.78 is 22.8. The van der Waals surface area contributed by atoms with Crippen LogP contribution in [0.4, 0.5) is 15.9 Å². The second-order valence-corrected chi connectivity index (χ2v) is 9.85. The average molecular weight is 497 g/mol. The van der Waals surface area contributed by atoms with Crippen LogP contribution in [0.3, 0.4) is 0 Å². The summed E-state index contributed by atoms with van der Waals surface area (Å²) in [5, 5.41) is 10.8. The normalized spacial score (nSPS) is 21.0. The van der Waals surface area contributed by atoms with Gasteiger partial charge in [-0.3, -0.25) is 0 Å². The minimum absolute atomic E-state index is 0.296. The molecular weight excluding hydrogens is 471 g/mol. The van der Waals surface area contributed by atoms with E-state index in [4.69, 9.17) is 9.72 Å². The van der Waals surface area contributed by atoms with E-state index in [1.165, 1.54) is 25.1 Å². The van der Waals surface area contributed by atoms with Gasteiger partial charge in [0.25, 0.3) is 0 Å². The van der Waals surface area contributed by atoms with Gasteiger partial charge in [0.2, 0.25) is 0 Å².